The maximum atomic E-state index is 11.2. The Bertz CT molecular complexity index is 1100. The number of nitrogens with zero attached hydrogens (tertiary/aromatic N) is 1. The number of phenols is 1. The van der Waals surface area contributed by atoms with Crippen molar-refractivity contribution in [3.8, 4) is 11.5 Å². The zero-order valence-electron chi connectivity index (χ0n) is 16.5. The minimum Gasteiger partial charge on any atom is -0.504 e. The summed E-state index contributed by atoms with van der Waals surface area (Å²) in [5, 5.41) is 12.6. The number of aromatic hydroxyl groups is 1. The third-order valence-corrected chi connectivity index (χ3v) is 7.84. The van der Waals surface area contributed by atoms with E-state index < -0.39 is 0 Å². The summed E-state index contributed by atoms with van der Waals surface area (Å²) in [6.45, 7) is 1.08. The van der Waals surface area contributed by atoms with Crippen LogP contribution in [0.3, 0.4) is 0 Å². The molecule has 6 rings (SSSR count). The summed E-state index contributed by atoms with van der Waals surface area (Å²) < 4.78 is 5.50. The van der Waals surface area contributed by atoms with Gasteiger partial charge in [-0.05, 0) is 68.5 Å². The van der Waals surface area contributed by atoms with E-state index >= 15 is 0 Å². The molecule has 144 valence electrons. The number of methoxy groups -OCH3 is 1. The van der Waals surface area contributed by atoms with Crippen LogP contribution in [0.25, 0.3) is 10.9 Å². The number of hydrogen-bond donors (Lipinski definition) is 2. The van der Waals surface area contributed by atoms with E-state index in [2.05, 4.69) is 47.3 Å². The van der Waals surface area contributed by atoms with Gasteiger partial charge in [-0.15, -0.1) is 0 Å². The van der Waals surface area contributed by atoms with Crippen LogP contribution in [0.15, 0.2) is 36.4 Å². The first-order valence-electron chi connectivity index (χ1n) is 10.3. The second-order valence-corrected chi connectivity index (χ2v) is 8.92. The number of aromatic amines is 1. The van der Waals surface area contributed by atoms with Crippen LogP contribution >= 0.6 is 0 Å². The third-order valence-electron chi connectivity index (χ3n) is 7.84. The number of H-pyrrole nitrogens is 1. The molecular formula is C24H26N2O2. The molecule has 0 spiro atoms. The van der Waals surface area contributed by atoms with Crippen LogP contribution in [-0.2, 0) is 24.7 Å². The number of para-hydroxylation sites is 1. The lowest BCUT2D eigenvalue weighted by molar-refractivity contribution is 0.0225. The minimum absolute atomic E-state index is 0.0166. The molecule has 3 atom stereocenters. The van der Waals surface area contributed by atoms with E-state index in [1.54, 1.807) is 7.11 Å². The van der Waals surface area contributed by atoms with Crippen LogP contribution in [-0.4, -0.2) is 41.7 Å². The lowest BCUT2D eigenvalue weighted by Gasteiger charge is -2.58. The second-order valence-electron chi connectivity index (χ2n) is 8.92. The van der Waals surface area contributed by atoms with Gasteiger partial charge in [-0.1, -0.05) is 24.3 Å². The average Bonchev–Trinajstić information content (AvgIpc) is 3.06. The maximum Gasteiger partial charge on any atom is 0.161 e. The number of piperidine rings is 1. The van der Waals surface area contributed by atoms with Gasteiger partial charge in [0.15, 0.2) is 11.5 Å². The van der Waals surface area contributed by atoms with Gasteiger partial charge in [0.2, 0.25) is 0 Å². The molecule has 1 aromatic heterocycles. The number of ether oxygens (including phenoxy) is 1. The third kappa shape index (κ3) is 1.94. The summed E-state index contributed by atoms with van der Waals surface area (Å²) in [4.78, 5) is 6.26. The second kappa shape index (κ2) is 5.54. The van der Waals surface area contributed by atoms with Crippen LogP contribution in [0, 0.1) is 5.92 Å². The first-order chi connectivity index (χ1) is 13.6. The molecule has 0 radical (unpaired) electrons. The Balaban J connectivity index is 1.61. The number of likely N-dealkylation sites (tertiary alicyclic amines) is 1. The standard InChI is InChI=1S/C24H26N2O2/c1-26-10-9-24-13-19-16(15-5-3-4-6-18(15)25-19)12-17(24)20(26)11-14-7-8-21(28-2)23(27)22(14)24/h3-8,17,20,25,27H,9-13H2,1-2H3/t17-,20-,24-/m0/s1. The highest BCUT2D eigenvalue weighted by molar-refractivity contribution is 5.85. The van der Waals surface area contributed by atoms with Crippen molar-refractivity contribution >= 4 is 10.9 Å². The number of aromatic nitrogens is 1. The molecule has 2 bridgehead atoms. The normalized spacial score (nSPS) is 28.5. The Morgan fingerprint density at radius 2 is 2.04 bits per heavy atom. The molecule has 1 fully saturated rings. The SMILES string of the molecule is COc1ccc2c(c1O)[C@]13CCN(C)[C@@H](C2)[C@@H]1Cc1c([nH]c2ccccc12)C3. The van der Waals surface area contributed by atoms with Crippen LogP contribution in [0.4, 0.5) is 0 Å². The fourth-order valence-corrected chi connectivity index (χ4v) is 6.56. The number of rotatable bonds is 1. The summed E-state index contributed by atoms with van der Waals surface area (Å²) >= 11 is 0. The number of phenolic OH excluding ortho intramolecular Hbond substituents is 1. The lowest BCUT2D eigenvalue weighted by atomic mass is 9.52. The van der Waals surface area contributed by atoms with Crippen molar-refractivity contribution in [2.24, 2.45) is 5.92 Å². The van der Waals surface area contributed by atoms with Gasteiger partial charge < -0.3 is 19.7 Å². The average molecular weight is 374 g/mol. The monoisotopic (exact) mass is 374 g/mol. The molecule has 4 nitrogen and oxygen atoms in total. The highest BCUT2D eigenvalue weighted by Gasteiger charge is 2.56. The smallest absolute Gasteiger partial charge is 0.161 e. The summed E-state index contributed by atoms with van der Waals surface area (Å²) in [6, 6.07) is 13.3. The zero-order valence-corrected chi connectivity index (χ0v) is 16.5. The molecule has 0 unspecified atom stereocenters. The van der Waals surface area contributed by atoms with Crippen LogP contribution in [0.5, 0.6) is 11.5 Å². The van der Waals surface area contributed by atoms with Crippen molar-refractivity contribution in [2.75, 3.05) is 20.7 Å². The summed E-state index contributed by atoms with van der Waals surface area (Å²) in [6.07, 6.45) is 4.13. The van der Waals surface area contributed by atoms with Crippen molar-refractivity contribution < 1.29 is 9.84 Å². The fraction of sp³-hybridized carbons (Fsp3) is 0.417. The van der Waals surface area contributed by atoms with Crippen molar-refractivity contribution in [1.82, 2.24) is 9.88 Å². The van der Waals surface area contributed by atoms with Gasteiger partial charge in [-0.25, -0.2) is 0 Å². The summed E-state index contributed by atoms with van der Waals surface area (Å²) in [5.74, 6) is 1.49. The molecule has 1 aliphatic heterocycles. The molecule has 1 saturated heterocycles. The Labute approximate surface area is 165 Å². The highest BCUT2D eigenvalue weighted by atomic mass is 16.5. The molecule has 28 heavy (non-hydrogen) atoms. The quantitative estimate of drug-likeness (QED) is 0.681. The number of benzene rings is 2. The Morgan fingerprint density at radius 1 is 1.18 bits per heavy atom. The number of hydrogen-bond acceptors (Lipinski definition) is 3. The van der Waals surface area contributed by atoms with E-state index in [1.807, 2.05) is 6.07 Å². The molecule has 3 aromatic rings. The largest absolute Gasteiger partial charge is 0.504 e. The van der Waals surface area contributed by atoms with E-state index in [9.17, 15) is 5.11 Å². The molecule has 2 aliphatic carbocycles. The van der Waals surface area contributed by atoms with Gasteiger partial charge in [0.05, 0.1) is 7.11 Å². The van der Waals surface area contributed by atoms with Crippen LogP contribution in [0.1, 0.15) is 28.8 Å². The Morgan fingerprint density at radius 3 is 2.89 bits per heavy atom. The Hall–Kier alpha value is -2.46. The molecular weight excluding hydrogens is 348 g/mol. The van der Waals surface area contributed by atoms with Crippen LogP contribution < -0.4 is 4.74 Å². The van der Waals surface area contributed by atoms with Crippen molar-refractivity contribution in [1.29, 1.82) is 0 Å². The van der Waals surface area contributed by atoms with Gasteiger partial charge >= 0.3 is 0 Å². The van der Waals surface area contributed by atoms with E-state index in [4.69, 9.17) is 4.74 Å². The summed E-state index contributed by atoms with van der Waals surface area (Å²) in [7, 11) is 3.92. The van der Waals surface area contributed by atoms with Gasteiger partial charge in [0, 0.05) is 33.6 Å². The molecule has 0 amide bonds. The molecule has 2 N–H and O–H groups in total. The first-order valence-corrected chi connectivity index (χ1v) is 10.3. The topological polar surface area (TPSA) is 48.5 Å². The predicted octanol–water partition coefficient (Wildman–Crippen LogP) is 3.80. The van der Waals surface area contributed by atoms with Gasteiger partial charge in [0.25, 0.3) is 0 Å². The molecule has 0 saturated carbocycles. The van der Waals surface area contributed by atoms with Gasteiger partial charge in [0.1, 0.15) is 0 Å². The van der Waals surface area contributed by atoms with E-state index in [0.29, 0.717) is 23.5 Å². The van der Waals surface area contributed by atoms with Gasteiger partial charge in [-0.3, -0.25) is 0 Å². The minimum atomic E-state index is -0.0166. The van der Waals surface area contributed by atoms with E-state index in [0.717, 1.165) is 37.8 Å². The van der Waals surface area contributed by atoms with Crippen LogP contribution in [0.2, 0.25) is 0 Å². The maximum absolute atomic E-state index is 11.2. The molecule has 2 heterocycles. The first kappa shape index (κ1) is 16.5. The zero-order chi connectivity index (χ0) is 19.0. The van der Waals surface area contributed by atoms with Crippen molar-refractivity contribution in [2.45, 2.75) is 37.1 Å². The number of nitrogens with one attached hydrogen (secondary N) is 1. The van der Waals surface area contributed by atoms with E-state index in [-0.39, 0.29) is 5.41 Å². The number of fused-ring (bicyclic) bond motifs is 4. The molecule has 3 aliphatic rings. The number of likely N-dealkylation sites (N-methyl/N-ethyl adjacent to an activating group) is 1. The Kier molecular flexibility index (Phi) is 3.26. The summed E-state index contributed by atoms with van der Waals surface area (Å²) in [5.41, 5.74) is 6.52. The molecule has 2 aromatic carbocycles. The molecule has 4 heteroatoms. The fourth-order valence-electron chi connectivity index (χ4n) is 6.56. The lowest BCUT2D eigenvalue weighted by Crippen LogP contribution is -2.61. The predicted molar refractivity (Wildman–Crippen MR) is 110 cm³/mol. The van der Waals surface area contributed by atoms with Crippen molar-refractivity contribution in [3.05, 3.63) is 58.8 Å². The van der Waals surface area contributed by atoms with E-state index in [1.165, 1.54) is 27.7 Å². The van der Waals surface area contributed by atoms with Gasteiger partial charge in [-0.2, -0.15) is 0 Å². The highest BCUT2D eigenvalue weighted by Crippen LogP contribution is 2.58. The van der Waals surface area contributed by atoms with Crippen molar-refractivity contribution in [3.63, 3.8) is 0 Å².